The molecule has 20 heavy (non-hydrogen) atoms. The molecule has 3 aromatic rings. The molecule has 2 heterocycles. The fourth-order valence-electron chi connectivity index (χ4n) is 2.15. The molecule has 1 aromatic carbocycles. The summed E-state index contributed by atoms with van der Waals surface area (Å²) >= 11 is 1.69. The lowest BCUT2D eigenvalue weighted by Gasteiger charge is -2.09. The van der Waals surface area contributed by atoms with Crippen LogP contribution in [0, 0.1) is 0 Å². The third-order valence-corrected chi connectivity index (χ3v) is 4.48. The van der Waals surface area contributed by atoms with E-state index in [9.17, 15) is 0 Å². The Morgan fingerprint density at radius 2 is 2.20 bits per heavy atom. The number of hydrogen-bond acceptors (Lipinski definition) is 4. The second-order valence-electron chi connectivity index (χ2n) is 4.89. The van der Waals surface area contributed by atoms with Gasteiger partial charge in [-0.05, 0) is 32.0 Å². The smallest absolute Gasteiger partial charge is 0.164 e. The standard InChI is InChI=1S/C16H18N2OS/c1-3-8-17-11(2)15-10-18-16(20-15)14-9-12-6-4-5-7-13(12)19-14/h4-7,9-11,17H,3,8H2,1-2H3. The van der Waals surface area contributed by atoms with Crippen molar-refractivity contribution in [3.05, 3.63) is 41.4 Å². The number of nitrogens with one attached hydrogen (secondary N) is 1. The molecule has 0 amide bonds. The van der Waals surface area contributed by atoms with E-state index in [1.807, 2.05) is 24.4 Å². The van der Waals surface area contributed by atoms with Crippen LogP contribution in [0.4, 0.5) is 0 Å². The summed E-state index contributed by atoms with van der Waals surface area (Å²) < 4.78 is 5.86. The Balaban J connectivity index is 1.85. The number of thiazole rings is 1. The van der Waals surface area contributed by atoms with Gasteiger partial charge in [0, 0.05) is 22.5 Å². The molecule has 0 saturated heterocycles. The van der Waals surface area contributed by atoms with Crippen LogP contribution in [0.5, 0.6) is 0 Å². The molecular formula is C16H18N2OS. The number of aromatic nitrogens is 1. The largest absolute Gasteiger partial charge is 0.454 e. The maximum Gasteiger partial charge on any atom is 0.164 e. The van der Waals surface area contributed by atoms with Crippen molar-refractivity contribution in [3.8, 4) is 10.8 Å². The second kappa shape index (κ2) is 5.77. The van der Waals surface area contributed by atoms with Gasteiger partial charge in [0.1, 0.15) is 5.58 Å². The van der Waals surface area contributed by atoms with Gasteiger partial charge in [-0.3, -0.25) is 0 Å². The normalized spacial score (nSPS) is 12.9. The van der Waals surface area contributed by atoms with E-state index in [0.717, 1.165) is 34.7 Å². The highest BCUT2D eigenvalue weighted by Crippen LogP contribution is 2.32. The zero-order valence-corrected chi connectivity index (χ0v) is 12.5. The SMILES string of the molecule is CCCNC(C)c1cnc(-c2cc3ccccc3o2)s1. The number of rotatable bonds is 5. The maximum absolute atomic E-state index is 5.86. The minimum absolute atomic E-state index is 0.338. The van der Waals surface area contributed by atoms with Crippen LogP contribution in [0.2, 0.25) is 0 Å². The van der Waals surface area contributed by atoms with Crippen LogP contribution in [0.3, 0.4) is 0 Å². The summed E-state index contributed by atoms with van der Waals surface area (Å²) in [6, 6.07) is 10.4. The Bertz CT molecular complexity index is 668. The van der Waals surface area contributed by atoms with Crippen LogP contribution in [0.25, 0.3) is 21.7 Å². The first-order valence-corrected chi connectivity index (χ1v) is 7.77. The summed E-state index contributed by atoms with van der Waals surface area (Å²) in [4.78, 5) is 5.74. The molecule has 1 N–H and O–H groups in total. The van der Waals surface area contributed by atoms with Crippen LogP contribution in [-0.4, -0.2) is 11.5 Å². The van der Waals surface area contributed by atoms with Gasteiger partial charge in [0.25, 0.3) is 0 Å². The van der Waals surface area contributed by atoms with E-state index in [0.29, 0.717) is 6.04 Å². The van der Waals surface area contributed by atoms with E-state index >= 15 is 0 Å². The topological polar surface area (TPSA) is 38.1 Å². The molecular weight excluding hydrogens is 268 g/mol. The third kappa shape index (κ3) is 2.62. The van der Waals surface area contributed by atoms with Crippen molar-refractivity contribution in [2.45, 2.75) is 26.3 Å². The van der Waals surface area contributed by atoms with Gasteiger partial charge in [0.2, 0.25) is 0 Å². The molecule has 0 bridgehead atoms. The van der Waals surface area contributed by atoms with Crippen LogP contribution in [-0.2, 0) is 0 Å². The van der Waals surface area contributed by atoms with Crippen LogP contribution >= 0.6 is 11.3 Å². The molecule has 0 spiro atoms. The third-order valence-electron chi connectivity index (χ3n) is 3.29. The van der Waals surface area contributed by atoms with E-state index in [1.165, 1.54) is 4.88 Å². The predicted molar refractivity (Wildman–Crippen MR) is 84.0 cm³/mol. The summed E-state index contributed by atoms with van der Waals surface area (Å²) in [6.07, 6.45) is 3.08. The molecule has 0 aliphatic heterocycles. The zero-order valence-electron chi connectivity index (χ0n) is 11.7. The van der Waals surface area contributed by atoms with Gasteiger partial charge in [-0.2, -0.15) is 0 Å². The van der Waals surface area contributed by atoms with Crippen molar-refractivity contribution in [1.82, 2.24) is 10.3 Å². The van der Waals surface area contributed by atoms with Gasteiger partial charge in [-0.25, -0.2) is 4.98 Å². The number of benzene rings is 1. The van der Waals surface area contributed by atoms with E-state index < -0.39 is 0 Å². The quantitative estimate of drug-likeness (QED) is 0.744. The number of fused-ring (bicyclic) bond motifs is 1. The van der Waals surface area contributed by atoms with E-state index in [4.69, 9.17) is 4.42 Å². The van der Waals surface area contributed by atoms with Gasteiger partial charge >= 0.3 is 0 Å². The van der Waals surface area contributed by atoms with Gasteiger partial charge in [0.05, 0.1) is 0 Å². The minimum Gasteiger partial charge on any atom is -0.454 e. The van der Waals surface area contributed by atoms with Crippen LogP contribution < -0.4 is 5.32 Å². The first kappa shape index (κ1) is 13.3. The Labute approximate surface area is 122 Å². The monoisotopic (exact) mass is 286 g/mol. The molecule has 0 fully saturated rings. The van der Waals surface area contributed by atoms with Crippen molar-refractivity contribution < 1.29 is 4.42 Å². The zero-order chi connectivity index (χ0) is 13.9. The van der Waals surface area contributed by atoms with Crippen molar-refractivity contribution in [3.63, 3.8) is 0 Å². The Hall–Kier alpha value is -1.65. The van der Waals surface area contributed by atoms with Gasteiger partial charge < -0.3 is 9.73 Å². The van der Waals surface area contributed by atoms with Crippen molar-refractivity contribution in [2.75, 3.05) is 6.54 Å². The molecule has 3 nitrogen and oxygen atoms in total. The average Bonchev–Trinajstić information content (AvgIpc) is 3.10. The highest BCUT2D eigenvalue weighted by atomic mass is 32.1. The van der Waals surface area contributed by atoms with E-state index in [-0.39, 0.29) is 0 Å². The molecule has 3 rings (SSSR count). The lowest BCUT2D eigenvalue weighted by Crippen LogP contribution is -2.18. The molecule has 1 atom stereocenters. The van der Waals surface area contributed by atoms with Gasteiger partial charge in [0.15, 0.2) is 10.8 Å². The summed E-state index contributed by atoms with van der Waals surface area (Å²) in [7, 11) is 0. The van der Waals surface area contributed by atoms with E-state index in [2.05, 4.69) is 36.3 Å². The molecule has 0 saturated carbocycles. The molecule has 104 valence electrons. The second-order valence-corrected chi connectivity index (χ2v) is 5.95. The summed E-state index contributed by atoms with van der Waals surface area (Å²) in [5, 5.41) is 5.55. The Kier molecular flexibility index (Phi) is 3.85. The van der Waals surface area contributed by atoms with Crippen LogP contribution in [0.15, 0.2) is 40.9 Å². The Morgan fingerprint density at radius 3 is 3.00 bits per heavy atom. The molecule has 2 aromatic heterocycles. The molecule has 0 aliphatic rings. The highest BCUT2D eigenvalue weighted by Gasteiger charge is 2.13. The van der Waals surface area contributed by atoms with E-state index in [1.54, 1.807) is 11.3 Å². The molecule has 0 aliphatic carbocycles. The summed E-state index contributed by atoms with van der Waals surface area (Å²) in [6.45, 7) is 5.37. The Morgan fingerprint density at radius 1 is 1.35 bits per heavy atom. The lowest BCUT2D eigenvalue weighted by molar-refractivity contribution is 0.577. The molecule has 0 radical (unpaired) electrons. The average molecular weight is 286 g/mol. The molecule has 4 heteroatoms. The maximum atomic E-state index is 5.86. The first-order chi connectivity index (χ1) is 9.78. The molecule has 1 unspecified atom stereocenters. The number of nitrogens with zero attached hydrogens (tertiary/aromatic N) is 1. The van der Waals surface area contributed by atoms with Gasteiger partial charge in [-0.15, -0.1) is 11.3 Å². The number of furan rings is 1. The summed E-state index contributed by atoms with van der Waals surface area (Å²) in [5.74, 6) is 0.852. The van der Waals surface area contributed by atoms with Crippen molar-refractivity contribution in [1.29, 1.82) is 0 Å². The number of para-hydroxylation sites is 1. The van der Waals surface area contributed by atoms with Crippen LogP contribution in [0.1, 0.15) is 31.2 Å². The minimum atomic E-state index is 0.338. The number of hydrogen-bond donors (Lipinski definition) is 1. The van der Waals surface area contributed by atoms with Crippen molar-refractivity contribution in [2.24, 2.45) is 0 Å². The summed E-state index contributed by atoms with van der Waals surface area (Å²) in [5.41, 5.74) is 0.913. The highest BCUT2D eigenvalue weighted by molar-refractivity contribution is 7.15. The van der Waals surface area contributed by atoms with Crippen molar-refractivity contribution >= 4 is 22.3 Å². The van der Waals surface area contributed by atoms with Gasteiger partial charge in [-0.1, -0.05) is 25.1 Å². The fraction of sp³-hybridized carbons (Fsp3) is 0.312. The lowest BCUT2D eigenvalue weighted by atomic mass is 10.2. The predicted octanol–water partition coefficient (Wildman–Crippen LogP) is 4.62. The first-order valence-electron chi connectivity index (χ1n) is 6.96. The fourth-order valence-corrected chi connectivity index (χ4v) is 3.04.